The lowest BCUT2D eigenvalue weighted by Gasteiger charge is -2.31. The number of benzene rings is 1. The summed E-state index contributed by atoms with van der Waals surface area (Å²) in [6, 6.07) is 5.41. The summed E-state index contributed by atoms with van der Waals surface area (Å²) in [7, 11) is 0. The molecule has 1 amide bonds. The Kier molecular flexibility index (Phi) is 4.96. The number of ether oxygens (including phenoxy) is 3. The number of carbonyl (C=O) groups is 2. The van der Waals surface area contributed by atoms with Crippen molar-refractivity contribution in [3.8, 4) is 11.5 Å². The number of ketones is 1. The van der Waals surface area contributed by atoms with Crippen LogP contribution < -0.4 is 24.2 Å². The van der Waals surface area contributed by atoms with Gasteiger partial charge in [0, 0.05) is 0 Å². The monoisotopic (exact) mass is 444 g/mol. The van der Waals surface area contributed by atoms with E-state index < -0.39 is 17.2 Å². The van der Waals surface area contributed by atoms with Gasteiger partial charge in [-0.15, -0.1) is 11.3 Å². The van der Waals surface area contributed by atoms with Crippen molar-refractivity contribution in [2.45, 2.75) is 45.8 Å². The standard InChI is InChI=1S/C22H24N2O6S/c1-21(2,3)30-20(27)24-10-13(17(25)22(24,4)5)19-23-18(26)16(31-19)9-12-6-7-14-15(8-12)29-11-28-14/h6-9H,10-11H2,1-5H3,(H,23,26)/b16-9-,19-13-. The molecule has 0 bridgehead atoms. The first-order valence-corrected chi connectivity index (χ1v) is 10.7. The minimum Gasteiger partial charge on any atom is -0.454 e. The number of carbonyl (C=O) groups excluding carboxylic acids is 2. The molecule has 9 heteroatoms. The summed E-state index contributed by atoms with van der Waals surface area (Å²) in [5.41, 5.74) is -0.876. The Labute approximate surface area is 182 Å². The third-order valence-corrected chi connectivity index (χ3v) is 6.14. The second-order valence-corrected chi connectivity index (χ2v) is 9.99. The number of aromatic amines is 1. The molecule has 0 aliphatic carbocycles. The SMILES string of the molecule is CC(C)(C)OC(=O)N1C/C(=c2\[nH]c(=O)/c(=C/c3ccc4c(c3)OCO4)s2)C(=O)C1(C)C. The summed E-state index contributed by atoms with van der Waals surface area (Å²) in [6.45, 7) is 8.92. The molecule has 2 aliphatic heterocycles. The van der Waals surface area contributed by atoms with Gasteiger partial charge >= 0.3 is 6.09 Å². The second kappa shape index (κ2) is 7.26. The first-order chi connectivity index (χ1) is 14.5. The minimum absolute atomic E-state index is 0.0701. The highest BCUT2D eigenvalue weighted by molar-refractivity contribution is 7.07. The third-order valence-electron chi connectivity index (χ3n) is 5.07. The number of Topliss-reactive ketones (excluding diaryl/α,β-unsaturated/α-hetero) is 1. The summed E-state index contributed by atoms with van der Waals surface area (Å²) in [4.78, 5) is 42.4. The van der Waals surface area contributed by atoms with Gasteiger partial charge in [-0.05, 0) is 58.4 Å². The van der Waals surface area contributed by atoms with Crippen LogP contribution in [0.2, 0.25) is 0 Å². The van der Waals surface area contributed by atoms with Crippen LogP contribution in [0.1, 0.15) is 40.2 Å². The van der Waals surface area contributed by atoms with E-state index in [2.05, 4.69) is 4.98 Å². The van der Waals surface area contributed by atoms with Crippen molar-refractivity contribution in [1.29, 1.82) is 0 Å². The molecule has 0 unspecified atom stereocenters. The Morgan fingerprint density at radius 2 is 1.94 bits per heavy atom. The molecule has 1 saturated heterocycles. The molecule has 164 valence electrons. The van der Waals surface area contributed by atoms with Crippen molar-refractivity contribution >= 4 is 34.9 Å². The molecular formula is C22H24N2O6S. The van der Waals surface area contributed by atoms with E-state index in [1.54, 1.807) is 52.8 Å². The van der Waals surface area contributed by atoms with Gasteiger partial charge in [-0.3, -0.25) is 14.5 Å². The number of aromatic nitrogens is 1. The molecule has 2 aliphatic rings. The van der Waals surface area contributed by atoms with E-state index in [-0.39, 0.29) is 24.7 Å². The molecular weight excluding hydrogens is 420 g/mol. The topological polar surface area (TPSA) is 97.9 Å². The molecule has 8 nitrogen and oxygen atoms in total. The first-order valence-electron chi connectivity index (χ1n) is 9.85. The van der Waals surface area contributed by atoms with E-state index >= 15 is 0 Å². The van der Waals surface area contributed by atoms with E-state index in [1.807, 2.05) is 6.07 Å². The molecule has 4 rings (SSSR count). The second-order valence-electron chi connectivity index (χ2n) is 8.94. The van der Waals surface area contributed by atoms with Crippen LogP contribution in [0.3, 0.4) is 0 Å². The Bertz CT molecular complexity index is 1250. The maximum atomic E-state index is 13.1. The fourth-order valence-corrected chi connectivity index (χ4v) is 4.42. The summed E-state index contributed by atoms with van der Waals surface area (Å²) >= 11 is 1.18. The maximum Gasteiger partial charge on any atom is 0.411 e. The summed E-state index contributed by atoms with van der Waals surface area (Å²) in [5.74, 6) is 1.07. The zero-order valence-electron chi connectivity index (χ0n) is 18.0. The normalized spacial score (nSPS) is 19.8. The number of amides is 1. The van der Waals surface area contributed by atoms with E-state index in [1.165, 1.54) is 16.2 Å². The van der Waals surface area contributed by atoms with E-state index in [4.69, 9.17) is 14.2 Å². The molecule has 0 atom stereocenters. The van der Waals surface area contributed by atoms with Crippen molar-refractivity contribution in [3.05, 3.63) is 43.3 Å². The number of rotatable bonds is 1. The zero-order chi connectivity index (χ0) is 22.6. The van der Waals surface area contributed by atoms with Crippen LogP contribution in [0.25, 0.3) is 11.6 Å². The molecule has 1 aromatic heterocycles. The molecule has 0 radical (unpaired) electrons. The van der Waals surface area contributed by atoms with Gasteiger partial charge in [-0.1, -0.05) is 6.07 Å². The maximum absolute atomic E-state index is 13.1. The minimum atomic E-state index is -1.07. The Hall–Kier alpha value is -3.07. The zero-order valence-corrected chi connectivity index (χ0v) is 18.8. The lowest BCUT2D eigenvalue weighted by atomic mass is 9.99. The number of hydrogen-bond acceptors (Lipinski definition) is 7. The number of hydrogen-bond donors (Lipinski definition) is 1. The van der Waals surface area contributed by atoms with Crippen LogP contribution in [-0.4, -0.2) is 46.2 Å². The van der Waals surface area contributed by atoms with Crippen LogP contribution >= 0.6 is 11.3 Å². The number of H-pyrrole nitrogens is 1. The van der Waals surface area contributed by atoms with Crippen LogP contribution in [0.15, 0.2) is 23.0 Å². The van der Waals surface area contributed by atoms with Gasteiger partial charge in [-0.2, -0.15) is 0 Å². The van der Waals surface area contributed by atoms with Gasteiger partial charge in [0.15, 0.2) is 17.3 Å². The van der Waals surface area contributed by atoms with Crippen molar-refractivity contribution in [3.63, 3.8) is 0 Å². The molecule has 0 saturated carbocycles. The Morgan fingerprint density at radius 1 is 1.23 bits per heavy atom. The Morgan fingerprint density at radius 3 is 2.65 bits per heavy atom. The van der Waals surface area contributed by atoms with Crippen LogP contribution in [0.4, 0.5) is 4.79 Å². The van der Waals surface area contributed by atoms with Crippen molar-refractivity contribution in [2.75, 3.05) is 13.3 Å². The quantitative estimate of drug-likeness (QED) is 0.720. The van der Waals surface area contributed by atoms with Gasteiger partial charge in [0.1, 0.15) is 15.8 Å². The molecule has 2 aromatic rings. The molecule has 1 fully saturated rings. The van der Waals surface area contributed by atoms with E-state index in [0.717, 1.165) is 5.56 Å². The highest BCUT2D eigenvalue weighted by Gasteiger charge is 2.48. The van der Waals surface area contributed by atoms with E-state index in [0.29, 0.717) is 26.3 Å². The molecule has 3 heterocycles. The van der Waals surface area contributed by atoms with Gasteiger partial charge in [0.05, 0.1) is 16.7 Å². The number of fused-ring (bicyclic) bond motifs is 1. The molecule has 31 heavy (non-hydrogen) atoms. The average Bonchev–Trinajstić information content (AvgIpc) is 3.32. The van der Waals surface area contributed by atoms with Crippen molar-refractivity contribution < 1.29 is 23.8 Å². The fraction of sp³-hybridized carbons (Fsp3) is 0.409. The number of nitrogens with zero attached hydrogens (tertiary/aromatic N) is 1. The summed E-state index contributed by atoms with van der Waals surface area (Å²) < 4.78 is 17.0. The number of thiazole rings is 1. The lowest BCUT2D eigenvalue weighted by Crippen LogP contribution is -2.48. The van der Waals surface area contributed by atoms with E-state index in [9.17, 15) is 14.4 Å². The predicted molar refractivity (Wildman–Crippen MR) is 116 cm³/mol. The van der Waals surface area contributed by atoms with Crippen molar-refractivity contribution in [2.24, 2.45) is 0 Å². The molecule has 1 N–H and O–H groups in total. The summed E-state index contributed by atoms with van der Waals surface area (Å²) in [5, 5.41) is 0. The van der Waals surface area contributed by atoms with Crippen LogP contribution in [-0.2, 0) is 9.53 Å². The lowest BCUT2D eigenvalue weighted by molar-refractivity contribution is -0.120. The summed E-state index contributed by atoms with van der Waals surface area (Å²) in [6.07, 6.45) is 1.16. The van der Waals surface area contributed by atoms with Gasteiger partial charge in [0.25, 0.3) is 5.56 Å². The fourth-order valence-electron chi connectivity index (χ4n) is 3.44. The van der Waals surface area contributed by atoms with Crippen LogP contribution in [0.5, 0.6) is 11.5 Å². The van der Waals surface area contributed by atoms with Gasteiger partial charge < -0.3 is 19.2 Å². The predicted octanol–water partition coefficient (Wildman–Crippen LogP) is 1.74. The smallest absolute Gasteiger partial charge is 0.411 e. The molecule has 1 aromatic carbocycles. The number of nitrogens with one attached hydrogen (secondary N) is 1. The van der Waals surface area contributed by atoms with Crippen LogP contribution in [0, 0.1) is 0 Å². The Balaban J connectivity index is 1.73. The highest BCUT2D eigenvalue weighted by Crippen LogP contribution is 2.33. The first kappa shape index (κ1) is 21.2. The van der Waals surface area contributed by atoms with Gasteiger partial charge in [-0.25, -0.2) is 4.79 Å². The van der Waals surface area contributed by atoms with Crippen molar-refractivity contribution in [1.82, 2.24) is 9.88 Å². The van der Waals surface area contributed by atoms with Gasteiger partial charge in [0.2, 0.25) is 6.79 Å². The third kappa shape index (κ3) is 3.97. The highest BCUT2D eigenvalue weighted by atomic mass is 32.1. The molecule has 0 spiro atoms. The number of likely N-dealkylation sites (tertiary alicyclic amines) is 1. The largest absolute Gasteiger partial charge is 0.454 e. The average molecular weight is 445 g/mol.